The molecule has 1 fully saturated rings. The standard InChI is InChI=1S/C28H38N2O5/c1-17(2)8-5-9-18(3)10-7-13-28(4)24(35-28)16-30-21-14-19(31)15-23(33)26(21)29-25-20(27(30)34)11-6-12-22(25)32/h6,11-12,14-15,17-18,24,29,31-33H,5,7-10,13,16H2,1-4H3. The number of para-hydroxylation sites is 1. The van der Waals surface area contributed by atoms with Gasteiger partial charge in [-0.3, -0.25) is 4.79 Å². The van der Waals surface area contributed by atoms with Crippen molar-refractivity contribution in [3.05, 3.63) is 35.9 Å². The van der Waals surface area contributed by atoms with E-state index in [-0.39, 0.29) is 58.3 Å². The quantitative estimate of drug-likeness (QED) is 0.180. The molecule has 0 bridgehead atoms. The van der Waals surface area contributed by atoms with Gasteiger partial charge in [-0.1, -0.05) is 58.9 Å². The predicted octanol–water partition coefficient (Wildman–Crippen LogP) is 6.30. The Bertz CT molecular complexity index is 1090. The van der Waals surface area contributed by atoms with Gasteiger partial charge in [0.05, 0.1) is 29.1 Å². The second-order valence-corrected chi connectivity index (χ2v) is 10.8. The Morgan fingerprint density at radius 2 is 1.77 bits per heavy atom. The summed E-state index contributed by atoms with van der Waals surface area (Å²) in [5.74, 6) is 0.662. The Labute approximate surface area is 207 Å². The first-order valence-electron chi connectivity index (χ1n) is 12.7. The lowest BCUT2D eigenvalue weighted by Crippen LogP contribution is -2.35. The van der Waals surface area contributed by atoms with Crippen molar-refractivity contribution in [2.24, 2.45) is 11.8 Å². The molecule has 4 N–H and O–H groups in total. The van der Waals surface area contributed by atoms with Crippen molar-refractivity contribution < 1.29 is 24.9 Å². The molecular formula is C28H38N2O5. The zero-order chi connectivity index (χ0) is 25.3. The molecule has 4 rings (SSSR count). The van der Waals surface area contributed by atoms with Crippen LogP contribution in [0.2, 0.25) is 0 Å². The van der Waals surface area contributed by atoms with Gasteiger partial charge in [0.15, 0.2) is 0 Å². The molecule has 190 valence electrons. The summed E-state index contributed by atoms with van der Waals surface area (Å²) in [4.78, 5) is 15.1. The van der Waals surface area contributed by atoms with Gasteiger partial charge < -0.3 is 30.3 Å². The Balaban J connectivity index is 1.46. The van der Waals surface area contributed by atoms with Crippen LogP contribution in [0.3, 0.4) is 0 Å². The zero-order valence-electron chi connectivity index (χ0n) is 21.2. The smallest absolute Gasteiger partial charge is 0.260 e. The van der Waals surface area contributed by atoms with Crippen molar-refractivity contribution in [3.8, 4) is 17.2 Å². The molecule has 2 aliphatic rings. The molecule has 0 radical (unpaired) electrons. The summed E-state index contributed by atoms with van der Waals surface area (Å²) in [6.45, 7) is 9.22. The Kier molecular flexibility index (Phi) is 7.17. The van der Waals surface area contributed by atoms with Gasteiger partial charge >= 0.3 is 0 Å². The number of phenolic OH excluding ortho intramolecular Hbond substituents is 3. The first kappa shape index (κ1) is 25.2. The van der Waals surface area contributed by atoms with Crippen molar-refractivity contribution in [1.82, 2.24) is 0 Å². The topological polar surface area (TPSA) is 106 Å². The molecule has 2 heterocycles. The van der Waals surface area contributed by atoms with Crippen LogP contribution in [0.25, 0.3) is 0 Å². The van der Waals surface area contributed by atoms with Crippen LogP contribution in [0.5, 0.6) is 17.2 Å². The van der Waals surface area contributed by atoms with Gasteiger partial charge in [0, 0.05) is 12.1 Å². The van der Waals surface area contributed by atoms with Crippen molar-refractivity contribution in [2.45, 2.75) is 77.9 Å². The maximum absolute atomic E-state index is 13.6. The number of carbonyl (C=O) groups excluding carboxylic acids is 1. The SMILES string of the molecule is CC(C)CCCC(C)CCCC1(C)OC1CN1C(=O)c2cccc(O)c2Nc2c(O)cc(O)cc21. The van der Waals surface area contributed by atoms with Gasteiger partial charge in [0.2, 0.25) is 0 Å². The number of phenols is 3. The maximum Gasteiger partial charge on any atom is 0.260 e. The summed E-state index contributed by atoms with van der Waals surface area (Å²) in [7, 11) is 0. The molecule has 3 unspecified atom stereocenters. The summed E-state index contributed by atoms with van der Waals surface area (Å²) in [5, 5.41) is 34.0. The highest BCUT2D eigenvalue weighted by Crippen LogP contribution is 2.48. The number of amides is 1. The minimum atomic E-state index is -0.330. The minimum Gasteiger partial charge on any atom is -0.508 e. The van der Waals surface area contributed by atoms with Gasteiger partial charge in [0.1, 0.15) is 29.0 Å². The molecule has 0 saturated carbocycles. The van der Waals surface area contributed by atoms with Gasteiger partial charge in [-0.25, -0.2) is 0 Å². The van der Waals surface area contributed by atoms with E-state index in [9.17, 15) is 20.1 Å². The molecule has 0 aliphatic carbocycles. The third-order valence-electron chi connectivity index (χ3n) is 7.37. The monoisotopic (exact) mass is 482 g/mol. The molecule has 1 saturated heterocycles. The summed E-state index contributed by atoms with van der Waals surface area (Å²) < 4.78 is 6.09. The van der Waals surface area contributed by atoms with Crippen LogP contribution in [0, 0.1) is 11.8 Å². The average molecular weight is 483 g/mol. The molecule has 2 aromatic carbocycles. The summed E-state index contributed by atoms with van der Waals surface area (Å²) in [6, 6.07) is 7.38. The molecule has 2 aliphatic heterocycles. The first-order valence-corrected chi connectivity index (χ1v) is 12.7. The molecule has 7 nitrogen and oxygen atoms in total. The number of carbonyl (C=O) groups is 1. The number of aromatic hydroxyl groups is 3. The molecule has 7 heteroatoms. The fraction of sp³-hybridized carbons (Fsp3) is 0.536. The number of anilines is 3. The lowest BCUT2D eigenvalue weighted by atomic mass is 9.92. The fourth-order valence-corrected chi connectivity index (χ4v) is 5.08. The minimum absolute atomic E-state index is 0.0915. The number of hydrogen-bond donors (Lipinski definition) is 4. The van der Waals surface area contributed by atoms with Crippen LogP contribution in [0.1, 0.15) is 76.6 Å². The lowest BCUT2D eigenvalue weighted by Gasteiger charge is -2.23. The maximum atomic E-state index is 13.6. The van der Waals surface area contributed by atoms with Gasteiger partial charge in [0.25, 0.3) is 5.91 Å². The van der Waals surface area contributed by atoms with Crippen LogP contribution in [-0.2, 0) is 4.74 Å². The van der Waals surface area contributed by atoms with E-state index in [1.54, 1.807) is 12.1 Å². The van der Waals surface area contributed by atoms with E-state index >= 15 is 0 Å². The Hall–Kier alpha value is -2.93. The third kappa shape index (κ3) is 5.50. The van der Waals surface area contributed by atoms with Crippen molar-refractivity contribution in [1.29, 1.82) is 0 Å². The summed E-state index contributed by atoms with van der Waals surface area (Å²) >= 11 is 0. The second-order valence-electron chi connectivity index (χ2n) is 10.8. The normalized spacial score (nSPS) is 21.8. The number of benzene rings is 2. The highest BCUT2D eigenvalue weighted by atomic mass is 16.6. The number of epoxide rings is 1. The number of hydrogen-bond acceptors (Lipinski definition) is 6. The highest BCUT2D eigenvalue weighted by molar-refractivity contribution is 6.15. The largest absolute Gasteiger partial charge is 0.508 e. The van der Waals surface area contributed by atoms with E-state index in [1.807, 2.05) is 0 Å². The number of fused-ring (bicyclic) bond motifs is 2. The van der Waals surface area contributed by atoms with E-state index in [2.05, 4.69) is 33.0 Å². The molecule has 1 amide bonds. The van der Waals surface area contributed by atoms with E-state index in [1.165, 1.54) is 42.4 Å². The van der Waals surface area contributed by atoms with Gasteiger partial charge in [-0.2, -0.15) is 0 Å². The third-order valence-corrected chi connectivity index (χ3v) is 7.37. The van der Waals surface area contributed by atoms with E-state index in [4.69, 9.17) is 4.74 Å². The van der Waals surface area contributed by atoms with Crippen molar-refractivity contribution >= 4 is 23.0 Å². The Morgan fingerprint density at radius 1 is 1.03 bits per heavy atom. The van der Waals surface area contributed by atoms with Gasteiger partial charge in [-0.05, 0) is 37.3 Å². The van der Waals surface area contributed by atoms with Crippen LogP contribution in [0.4, 0.5) is 17.1 Å². The van der Waals surface area contributed by atoms with Crippen LogP contribution in [0.15, 0.2) is 30.3 Å². The molecule has 35 heavy (non-hydrogen) atoms. The van der Waals surface area contributed by atoms with E-state index in [0.29, 0.717) is 11.6 Å². The first-order chi connectivity index (χ1) is 16.6. The zero-order valence-corrected chi connectivity index (χ0v) is 21.2. The highest BCUT2D eigenvalue weighted by Gasteiger charge is 2.53. The molecule has 0 aromatic heterocycles. The fourth-order valence-electron chi connectivity index (χ4n) is 5.08. The average Bonchev–Trinajstić information content (AvgIpc) is 3.44. The molecular weight excluding hydrogens is 444 g/mol. The van der Waals surface area contributed by atoms with Crippen molar-refractivity contribution in [3.63, 3.8) is 0 Å². The van der Waals surface area contributed by atoms with Crippen LogP contribution in [-0.4, -0.2) is 39.5 Å². The van der Waals surface area contributed by atoms with Gasteiger partial charge in [-0.15, -0.1) is 0 Å². The number of nitrogens with one attached hydrogen (secondary N) is 1. The summed E-state index contributed by atoms with van der Waals surface area (Å²) in [6.07, 6.45) is 6.80. The van der Waals surface area contributed by atoms with E-state index in [0.717, 1.165) is 25.2 Å². The van der Waals surface area contributed by atoms with Crippen LogP contribution < -0.4 is 10.2 Å². The number of ether oxygens (including phenoxy) is 1. The summed E-state index contributed by atoms with van der Waals surface area (Å²) in [5.41, 5.74) is 0.817. The van der Waals surface area contributed by atoms with E-state index < -0.39 is 0 Å². The van der Waals surface area contributed by atoms with Crippen molar-refractivity contribution in [2.75, 3.05) is 16.8 Å². The lowest BCUT2D eigenvalue weighted by molar-refractivity contribution is 0.0986. The predicted molar refractivity (Wildman–Crippen MR) is 138 cm³/mol. The molecule has 3 atom stereocenters. The van der Waals surface area contributed by atoms with Crippen LogP contribution >= 0.6 is 0 Å². The Morgan fingerprint density at radius 3 is 2.51 bits per heavy atom. The number of nitrogens with zero attached hydrogens (tertiary/aromatic N) is 1. The molecule has 2 aromatic rings. The molecule has 0 spiro atoms. The number of rotatable bonds is 10. The second kappa shape index (κ2) is 9.97.